The molecule has 0 saturated carbocycles. The van der Waals surface area contributed by atoms with Crippen molar-refractivity contribution in [3.8, 4) is 17.2 Å². The second-order valence-electron chi connectivity index (χ2n) is 9.67. The first-order valence-electron chi connectivity index (χ1n) is 13.5. The van der Waals surface area contributed by atoms with Gasteiger partial charge in [-0.3, -0.25) is 14.9 Å². The maximum absolute atomic E-state index is 13.5. The first-order chi connectivity index (χ1) is 21.6. The highest BCUT2D eigenvalue weighted by atomic mass is 127. The Morgan fingerprint density at radius 3 is 2.18 bits per heavy atom. The van der Waals surface area contributed by atoms with E-state index in [4.69, 9.17) is 49.0 Å². The van der Waals surface area contributed by atoms with E-state index in [0.29, 0.717) is 54.7 Å². The molecule has 0 unspecified atom stereocenters. The van der Waals surface area contributed by atoms with Crippen LogP contribution in [0.5, 0.6) is 17.2 Å². The third-order valence-electron chi connectivity index (χ3n) is 6.53. The zero-order chi connectivity index (χ0) is 32.1. The number of rotatable bonds is 10. The van der Waals surface area contributed by atoms with Gasteiger partial charge in [-0.25, -0.2) is 9.69 Å². The number of nitrogens with one attached hydrogen (secondary N) is 1. The van der Waals surface area contributed by atoms with E-state index in [0.717, 1.165) is 16.0 Å². The van der Waals surface area contributed by atoms with Crippen LogP contribution in [0.25, 0.3) is 6.08 Å². The van der Waals surface area contributed by atoms with Crippen molar-refractivity contribution in [3.63, 3.8) is 0 Å². The zero-order valence-electron chi connectivity index (χ0n) is 23.6. The van der Waals surface area contributed by atoms with Gasteiger partial charge in [-0.15, -0.1) is 0 Å². The van der Waals surface area contributed by atoms with Gasteiger partial charge in [0.25, 0.3) is 11.8 Å². The molecule has 12 heteroatoms. The van der Waals surface area contributed by atoms with Crippen LogP contribution in [0.2, 0.25) is 15.1 Å². The molecule has 45 heavy (non-hydrogen) atoms. The number of carbonyl (C=O) groups is 3. The van der Waals surface area contributed by atoms with Crippen LogP contribution < -0.4 is 24.4 Å². The molecule has 0 aromatic heterocycles. The standard InChI is InChI=1S/C33H24Cl3IN2O6/c1-2-43-29-16-21(15-28(37)30(29)45-18-20-5-12-26(35)27(36)14-20)13-25-31(40)38-33(42)39(32(25)41)23-8-10-24(11-9-23)44-17-19-3-6-22(34)7-4-19/h3-16H,2,17-18H2,1H3,(H,38,40,42)/b25-13+. The van der Waals surface area contributed by atoms with Gasteiger partial charge in [0.05, 0.1) is 25.9 Å². The maximum atomic E-state index is 13.5. The average molecular weight is 778 g/mol. The molecule has 5 rings (SSSR count). The third-order valence-corrected chi connectivity index (χ3v) is 8.32. The van der Waals surface area contributed by atoms with Crippen molar-refractivity contribution >= 4 is 87.0 Å². The first kappa shape index (κ1) is 32.6. The van der Waals surface area contributed by atoms with Crippen molar-refractivity contribution in [2.75, 3.05) is 11.5 Å². The van der Waals surface area contributed by atoms with E-state index < -0.39 is 17.8 Å². The van der Waals surface area contributed by atoms with Crippen LogP contribution in [0.3, 0.4) is 0 Å². The van der Waals surface area contributed by atoms with E-state index in [1.54, 1.807) is 60.7 Å². The van der Waals surface area contributed by atoms with Crippen molar-refractivity contribution in [1.82, 2.24) is 5.32 Å². The number of carbonyl (C=O) groups excluding carboxylic acids is 3. The second-order valence-corrected chi connectivity index (χ2v) is 12.1. The Hall–Kier alpha value is -3.77. The number of halogens is 4. The first-order valence-corrected chi connectivity index (χ1v) is 15.8. The number of hydrogen-bond donors (Lipinski definition) is 1. The number of hydrogen-bond acceptors (Lipinski definition) is 6. The molecule has 0 aliphatic carbocycles. The van der Waals surface area contributed by atoms with Crippen molar-refractivity contribution in [3.05, 3.63) is 120 Å². The molecule has 0 spiro atoms. The summed E-state index contributed by atoms with van der Waals surface area (Å²) in [5.74, 6) is -0.143. The van der Waals surface area contributed by atoms with Gasteiger partial charge in [0.15, 0.2) is 11.5 Å². The monoisotopic (exact) mass is 776 g/mol. The van der Waals surface area contributed by atoms with Crippen LogP contribution >= 0.6 is 57.4 Å². The smallest absolute Gasteiger partial charge is 0.335 e. The van der Waals surface area contributed by atoms with E-state index in [1.165, 1.54) is 6.08 Å². The lowest BCUT2D eigenvalue weighted by atomic mass is 10.1. The fraction of sp³-hybridized carbons (Fsp3) is 0.121. The minimum atomic E-state index is -0.854. The van der Waals surface area contributed by atoms with Gasteiger partial charge in [-0.2, -0.15) is 0 Å². The van der Waals surface area contributed by atoms with Crippen molar-refractivity contribution in [2.45, 2.75) is 20.1 Å². The van der Waals surface area contributed by atoms with Gasteiger partial charge in [0, 0.05) is 5.02 Å². The summed E-state index contributed by atoms with van der Waals surface area (Å²) in [5, 5.41) is 3.74. The summed E-state index contributed by atoms with van der Waals surface area (Å²) in [7, 11) is 0. The van der Waals surface area contributed by atoms with Crippen molar-refractivity contribution in [2.24, 2.45) is 0 Å². The minimum absolute atomic E-state index is 0.205. The molecule has 0 atom stereocenters. The SMILES string of the molecule is CCOc1cc(/C=C2\C(=O)NC(=O)N(c3ccc(OCc4ccc(Cl)cc4)cc3)C2=O)cc(I)c1OCc1ccc(Cl)c(Cl)c1. The predicted molar refractivity (Wildman–Crippen MR) is 182 cm³/mol. The van der Waals surface area contributed by atoms with Crippen molar-refractivity contribution in [1.29, 1.82) is 0 Å². The van der Waals surface area contributed by atoms with Gasteiger partial charge in [0.2, 0.25) is 0 Å². The van der Waals surface area contributed by atoms with Crippen molar-refractivity contribution < 1.29 is 28.6 Å². The minimum Gasteiger partial charge on any atom is -0.490 e. The summed E-state index contributed by atoms with van der Waals surface area (Å²) in [5.41, 5.74) is 2.29. The van der Waals surface area contributed by atoms with Gasteiger partial charge < -0.3 is 14.2 Å². The molecule has 4 amide bonds. The molecule has 1 saturated heterocycles. The largest absolute Gasteiger partial charge is 0.490 e. The summed E-state index contributed by atoms with van der Waals surface area (Å²) in [6.45, 7) is 2.69. The summed E-state index contributed by atoms with van der Waals surface area (Å²) >= 11 is 20.2. The summed E-state index contributed by atoms with van der Waals surface area (Å²) < 4.78 is 18.4. The number of imide groups is 2. The molecular weight excluding hydrogens is 754 g/mol. The molecule has 1 aliphatic rings. The average Bonchev–Trinajstić information content (AvgIpc) is 3.01. The highest BCUT2D eigenvalue weighted by Gasteiger charge is 2.37. The summed E-state index contributed by atoms with van der Waals surface area (Å²) in [6.07, 6.45) is 1.41. The molecule has 1 N–H and O–H groups in total. The van der Waals surface area contributed by atoms with Gasteiger partial charge >= 0.3 is 6.03 Å². The Bertz CT molecular complexity index is 1800. The molecule has 1 aliphatic heterocycles. The normalized spacial score (nSPS) is 14.0. The Morgan fingerprint density at radius 1 is 0.800 bits per heavy atom. The number of benzene rings is 4. The van der Waals surface area contributed by atoms with E-state index in [9.17, 15) is 14.4 Å². The van der Waals surface area contributed by atoms with Crippen LogP contribution in [-0.4, -0.2) is 24.5 Å². The maximum Gasteiger partial charge on any atom is 0.335 e. The van der Waals surface area contributed by atoms with E-state index >= 15 is 0 Å². The number of ether oxygens (including phenoxy) is 3. The molecule has 230 valence electrons. The molecule has 8 nitrogen and oxygen atoms in total. The van der Waals surface area contributed by atoms with Gasteiger partial charge in [-0.05, 0) is 113 Å². The molecule has 0 radical (unpaired) electrons. The number of amides is 4. The lowest BCUT2D eigenvalue weighted by Crippen LogP contribution is -2.54. The number of nitrogens with zero attached hydrogens (tertiary/aromatic N) is 1. The topological polar surface area (TPSA) is 94.2 Å². The van der Waals surface area contributed by atoms with Crippen LogP contribution in [0.1, 0.15) is 23.6 Å². The molecule has 4 aromatic rings. The second kappa shape index (κ2) is 14.6. The Morgan fingerprint density at radius 2 is 1.49 bits per heavy atom. The highest BCUT2D eigenvalue weighted by Crippen LogP contribution is 2.36. The molecule has 4 aromatic carbocycles. The summed E-state index contributed by atoms with van der Waals surface area (Å²) in [6, 6.07) is 21.4. The van der Waals surface area contributed by atoms with Gasteiger partial charge in [-0.1, -0.05) is 53.0 Å². The Labute approximate surface area is 287 Å². The lowest BCUT2D eigenvalue weighted by Gasteiger charge is -2.26. The summed E-state index contributed by atoms with van der Waals surface area (Å²) in [4.78, 5) is 40.0. The van der Waals surface area contributed by atoms with Crippen LogP contribution in [0, 0.1) is 3.57 Å². The molecule has 0 bridgehead atoms. The Kier molecular flexibility index (Phi) is 10.5. The molecular formula is C33H24Cl3IN2O6. The highest BCUT2D eigenvalue weighted by molar-refractivity contribution is 14.1. The fourth-order valence-electron chi connectivity index (χ4n) is 4.36. The van der Waals surface area contributed by atoms with E-state index in [2.05, 4.69) is 27.9 Å². The number of barbiturate groups is 1. The number of anilines is 1. The van der Waals surface area contributed by atoms with E-state index in [-0.39, 0.29) is 17.9 Å². The van der Waals surface area contributed by atoms with E-state index in [1.807, 2.05) is 25.1 Å². The van der Waals surface area contributed by atoms with Crippen LogP contribution in [0.4, 0.5) is 10.5 Å². The van der Waals surface area contributed by atoms with Gasteiger partial charge in [0.1, 0.15) is 24.5 Å². The Balaban J connectivity index is 1.35. The zero-order valence-corrected chi connectivity index (χ0v) is 28.0. The quantitative estimate of drug-likeness (QED) is 0.0987. The third kappa shape index (κ3) is 7.91. The molecule has 1 heterocycles. The molecule has 1 fully saturated rings. The number of urea groups is 1. The fourth-order valence-corrected chi connectivity index (χ4v) is 5.58. The lowest BCUT2D eigenvalue weighted by molar-refractivity contribution is -0.122. The van der Waals surface area contributed by atoms with Crippen LogP contribution in [0.15, 0.2) is 84.4 Å². The predicted octanol–water partition coefficient (Wildman–Crippen LogP) is 8.47. The van der Waals surface area contributed by atoms with Crippen LogP contribution in [-0.2, 0) is 22.8 Å².